The molecular formula is C27H32N6O2. The number of nitriles is 1. The Balaban J connectivity index is 1.81. The van der Waals surface area contributed by atoms with E-state index in [4.69, 9.17) is 10.4 Å². The summed E-state index contributed by atoms with van der Waals surface area (Å²) in [6.07, 6.45) is 0. The number of aryl methyl sites for hydroxylation is 1. The largest absolute Gasteiger partial charge is 0.322 e. The Labute approximate surface area is 206 Å². The number of rotatable bonds is 6. The zero-order chi connectivity index (χ0) is 25.8. The molecule has 2 N–H and O–H groups in total. The molecule has 0 saturated heterocycles. The Morgan fingerprint density at radius 1 is 1.09 bits per heavy atom. The number of aromatic nitrogens is 2. The number of carbonyl (C=O) groups is 2. The first kappa shape index (κ1) is 25.5. The summed E-state index contributed by atoms with van der Waals surface area (Å²) in [5.41, 5.74) is 3.58. The summed E-state index contributed by atoms with van der Waals surface area (Å²) in [6.45, 7) is 11.8. The standard InChI is InChI=1S/C27H32N6O2/c1-18(2)32(26(35)29-21-13-11-20(16-28)12-14-21)17-25(34)30-24-15-23(27(4,5)6)31-33(24)22-10-8-7-9-19(22)3/h7-15,18H,17H2,1-6H3,(H,29,35)(H,30,34). The molecule has 0 atom stereocenters. The van der Waals surface area contributed by atoms with E-state index in [-0.39, 0.29) is 23.9 Å². The molecule has 1 heterocycles. The lowest BCUT2D eigenvalue weighted by atomic mass is 9.92. The van der Waals surface area contributed by atoms with Gasteiger partial charge in [-0.3, -0.25) is 4.79 Å². The highest BCUT2D eigenvalue weighted by Crippen LogP contribution is 2.27. The van der Waals surface area contributed by atoms with Gasteiger partial charge in [-0.25, -0.2) is 9.48 Å². The van der Waals surface area contributed by atoms with Crippen LogP contribution in [0, 0.1) is 18.3 Å². The van der Waals surface area contributed by atoms with Crippen molar-refractivity contribution < 1.29 is 9.59 Å². The molecule has 182 valence electrons. The fraction of sp³-hybridized carbons (Fsp3) is 0.333. The van der Waals surface area contributed by atoms with E-state index in [1.165, 1.54) is 4.90 Å². The number of para-hydroxylation sites is 1. The van der Waals surface area contributed by atoms with Crippen LogP contribution in [0.2, 0.25) is 0 Å². The number of benzene rings is 2. The first-order chi connectivity index (χ1) is 16.5. The molecule has 8 heteroatoms. The van der Waals surface area contributed by atoms with Crippen molar-refractivity contribution >= 4 is 23.4 Å². The third-order valence-electron chi connectivity index (χ3n) is 5.55. The molecule has 0 aliphatic carbocycles. The van der Waals surface area contributed by atoms with Crippen LogP contribution in [0.25, 0.3) is 5.69 Å². The summed E-state index contributed by atoms with van der Waals surface area (Å²) in [7, 11) is 0. The lowest BCUT2D eigenvalue weighted by Gasteiger charge is -2.26. The second kappa shape index (κ2) is 10.4. The first-order valence-electron chi connectivity index (χ1n) is 11.5. The van der Waals surface area contributed by atoms with E-state index in [0.29, 0.717) is 17.1 Å². The summed E-state index contributed by atoms with van der Waals surface area (Å²) in [4.78, 5) is 27.5. The van der Waals surface area contributed by atoms with Gasteiger partial charge in [-0.15, -0.1) is 0 Å². The lowest BCUT2D eigenvalue weighted by molar-refractivity contribution is -0.117. The molecule has 2 aromatic carbocycles. The monoisotopic (exact) mass is 472 g/mol. The van der Waals surface area contributed by atoms with Crippen LogP contribution in [-0.2, 0) is 10.2 Å². The van der Waals surface area contributed by atoms with E-state index in [9.17, 15) is 9.59 Å². The van der Waals surface area contributed by atoms with Gasteiger partial charge < -0.3 is 15.5 Å². The van der Waals surface area contributed by atoms with Gasteiger partial charge in [0.1, 0.15) is 12.4 Å². The second-order valence-corrected chi connectivity index (χ2v) is 9.75. The average molecular weight is 473 g/mol. The van der Waals surface area contributed by atoms with Crippen molar-refractivity contribution in [3.05, 3.63) is 71.4 Å². The SMILES string of the molecule is Cc1ccccc1-n1nc(C(C)(C)C)cc1NC(=O)CN(C(=O)Nc1ccc(C#N)cc1)C(C)C. The Morgan fingerprint density at radius 2 is 1.74 bits per heavy atom. The van der Waals surface area contributed by atoms with Crippen molar-refractivity contribution in [3.8, 4) is 11.8 Å². The van der Waals surface area contributed by atoms with Crippen molar-refractivity contribution in [2.24, 2.45) is 0 Å². The number of urea groups is 1. The molecule has 0 aliphatic rings. The van der Waals surface area contributed by atoms with E-state index in [1.807, 2.05) is 57.2 Å². The van der Waals surface area contributed by atoms with Gasteiger partial charge >= 0.3 is 6.03 Å². The van der Waals surface area contributed by atoms with Gasteiger partial charge in [0.05, 0.1) is 23.0 Å². The highest BCUT2D eigenvalue weighted by atomic mass is 16.2. The number of hydrogen-bond donors (Lipinski definition) is 2. The van der Waals surface area contributed by atoms with Crippen LogP contribution in [0.1, 0.15) is 51.4 Å². The van der Waals surface area contributed by atoms with Crippen molar-refractivity contribution in [1.82, 2.24) is 14.7 Å². The van der Waals surface area contributed by atoms with Gasteiger partial charge in [0, 0.05) is 23.2 Å². The lowest BCUT2D eigenvalue weighted by Crippen LogP contribution is -2.44. The van der Waals surface area contributed by atoms with E-state index >= 15 is 0 Å². The quantitative estimate of drug-likeness (QED) is 0.513. The predicted octanol–water partition coefficient (Wildman–Crippen LogP) is 5.23. The number of hydrogen-bond acceptors (Lipinski definition) is 4. The van der Waals surface area contributed by atoms with Gasteiger partial charge in [0.2, 0.25) is 5.91 Å². The highest BCUT2D eigenvalue weighted by Gasteiger charge is 2.24. The average Bonchev–Trinajstić information content (AvgIpc) is 3.22. The highest BCUT2D eigenvalue weighted by molar-refractivity contribution is 5.97. The van der Waals surface area contributed by atoms with E-state index in [1.54, 1.807) is 28.9 Å². The third-order valence-corrected chi connectivity index (χ3v) is 5.55. The zero-order valence-electron chi connectivity index (χ0n) is 21.1. The Morgan fingerprint density at radius 3 is 2.31 bits per heavy atom. The predicted molar refractivity (Wildman–Crippen MR) is 138 cm³/mol. The molecule has 0 unspecified atom stereocenters. The Kier molecular flexibility index (Phi) is 7.60. The number of amides is 3. The molecular weight excluding hydrogens is 440 g/mol. The van der Waals surface area contributed by atoms with Crippen LogP contribution < -0.4 is 10.6 Å². The third kappa shape index (κ3) is 6.27. The van der Waals surface area contributed by atoms with E-state index in [2.05, 4.69) is 31.4 Å². The molecule has 3 amide bonds. The van der Waals surface area contributed by atoms with Crippen molar-refractivity contribution in [3.63, 3.8) is 0 Å². The minimum Gasteiger partial charge on any atom is -0.313 e. The smallest absolute Gasteiger partial charge is 0.313 e. The van der Waals surface area contributed by atoms with Crippen molar-refractivity contribution in [1.29, 1.82) is 5.26 Å². The summed E-state index contributed by atoms with van der Waals surface area (Å²) >= 11 is 0. The molecule has 1 aromatic heterocycles. The van der Waals surface area contributed by atoms with Crippen molar-refractivity contribution in [2.45, 2.75) is 53.0 Å². The fourth-order valence-corrected chi connectivity index (χ4v) is 3.47. The van der Waals surface area contributed by atoms with Crippen LogP contribution in [0.3, 0.4) is 0 Å². The van der Waals surface area contributed by atoms with Crippen LogP contribution in [0.5, 0.6) is 0 Å². The fourth-order valence-electron chi connectivity index (χ4n) is 3.47. The number of nitrogens with zero attached hydrogens (tertiary/aromatic N) is 4. The minimum atomic E-state index is -0.400. The number of carbonyl (C=O) groups excluding carboxylic acids is 2. The van der Waals surface area contributed by atoms with Gasteiger partial charge in [-0.05, 0) is 56.7 Å². The maximum absolute atomic E-state index is 13.1. The number of nitrogens with one attached hydrogen (secondary N) is 2. The van der Waals surface area contributed by atoms with Crippen LogP contribution in [0.15, 0.2) is 54.6 Å². The molecule has 0 fully saturated rings. The minimum absolute atomic E-state index is 0.135. The summed E-state index contributed by atoms with van der Waals surface area (Å²) < 4.78 is 1.74. The van der Waals surface area contributed by atoms with Gasteiger partial charge in [0.25, 0.3) is 0 Å². The Hall–Kier alpha value is -4.12. The normalized spacial score (nSPS) is 11.1. The summed E-state index contributed by atoms with van der Waals surface area (Å²) in [6, 6.07) is 17.7. The second-order valence-electron chi connectivity index (χ2n) is 9.75. The van der Waals surface area contributed by atoms with Crippen molar-refractivity contribution in [2.75, 3.05) is 17.2 Å². The van der Waals surface area contributed by atoms with Gasteiger partial charge in [-0.1, -0.05) is 39.0 Å². The molecule has 0 bridgehead atoms. The zero-order valence-corrected chi connectivity index (χ0v) is 21.1. The summed E-state index contributed by atoms with van der Waals surface area (Å²) in [5.74, 6) is 0.217. The number of anilines is 2. The molecule has 3 aromatic rings. The van der Waals surface area contributed by atoms with E-state index in [0.717, 1.165) is 16.9 Å². The maximum Gasteiger partial charge on any atom is 0.322 e. The van der Waals surface area contributed by atoms with Gasteiger partial charge in [0.15, 0.2) is 0 Å². The van der Waals surface area contributed by atoms with Gasteiger partial charge in [-0.2, -0.15) is 10.4 Å². The van der Waals surface area contributed by atoms with E-state index < -0.39 is 6.03 Å². The van der Waals surface area contributed by atoms with Crippen LogP contribution >= 0.6 is 0 Å². The molecule has 35 heavy (non-hydrogen) atoms. The molecule has 0 radical (unpaired) electrons. The first-order valence-corrected chi connectivity index (χ1v) is 11.5. The molecule has 0 saturated carbocycles. The topological polar surface area (TPSA) is 103 Å². The maximum atomic E-state index is 13.1. The van der Waals surface area contributed by atoms with Crippen LogP contribution in [-0.4, -0.2) is 39.2 Å². The molecule has 8 nitrogen and oxygen atoms in total. The van der Waals surface area contributed by atoms with Crippen LogP contribution in [0.4, 0.5) is 16.3 Å². The Bertz CT molecular complexity index is 1250. The molecule has 0 spiro atoms. The summed E-state index contributed by atoms with van der Waals surface area (Å²) in [5, 5.41) is 19.5. The molecule has 0 aliphatic heterocycles. The molecule has 3 rings (SSSR count).